The molecule has 0 spiro atoms. The van der Waals surface area contributed by atoms with E-state index >= 15 is 0 Å². The molecule has 0 amide bonds. The van der Waals surface area contributed by atoms with E-state index in [1.54, 1.807) is 24.3 Å². The molecule has 1 aromatic rings. The fraction of sp³-hybridized carbons (Fsp3) is 0.438. The summed E-state index contributed by atoms with van der Waals surface area (Å²) in [7, 11) is 3.95. The fourth-order valence-electron chi connectivity index (χ4n) is 1.84. The molecule has 0 aliphatic rings. The molecule has 0 fully saturated rings. The van der Waals surface area contributed by atoms with Crippen LogP contribution in [-0.4, -0.2) is 39.2 Å². The molecule has 126 valence electrons. The Balaban J connectivity index is 2.67. The maximum absolute atomic E-state index is 12.1. The third-order valence-corrected chi connectivity index (χ3v) is 3.13. The fourth-order valence-corrected chi connectivity index (χ4v) is 1.84. The van der Waals surface area contributed by atoms with E-state index < -0.39 is 23.8 Å². The Morgan fingerprint density at radius 2 is 1.61 bits per heavy atom. The summed E-state index contributed by atoms with van der Waals surface area (Å²) in [5, 5.41) is 0. The molecule has 1 rings (SSSR count). The van der Waals surface area contributed by atoms with Gasteiger partial charge in [-0.1, -0.05) is 12.1 Å². The van der Waals surface area contributed by atoms with Crippen LogP contribution in [0, 0.1) is 5.92 Å². The number of methoxy groups -OCH3 is 3. The highest BCUT2D eigenvalue weighted by molar-refractivity contribution is 5.84. The number of hydrogen-bond donors (Lipinski definition) is 0. The van der Waals surface area contributed by atoms with Crippen LogP contribution in [0.25, 0.3) is 0 Å². The average molecular weight is 324 g/mol. The molecule has 0 bridgehead atoms. The molecule has 0 saturated heterocycles. The minimum absolute atomic E-state index is 0.00881. The van der Waals surface area contributed by atoms with Crippen molar-refractivity contribution in [3.63, 3.8) is 0 Å². The number of esters is 3. The minimum atomic E-state index is -0.944. The second kappa shape index (κ2) is 9.45. The summed E-state index contributed by atoms with van der Waals surface area (Å²) < 4.78 is 19.3. The van der Waals surface area contributed by atoms with Crippen molar-refractivity contribution < 1.29 is 33.3 Å². The molecular weight excluding hydrogens is 304 g/mol. The van der Waals surface area contributed by atoms with E-state index in [1.807, 2.05) is 0 Å². The Morgan fingerprint density at radius 3 is 2.13 bits per heavy atom. The van der Waals surface area contributed by atoms with Gasteiger partial charge < -0.3 is 18.9 Å². The van der Waals surface area contributed by atoms with Gasteiger partial charge in [-0.25, -0.2) is 0 Å². The molecule has 0 aromatic heterocycles. The zero-order valence-electron chi connectivity index (χ0n) is 13.4. The van der Waals surface area contributed by atoms with Gasteiger partial charge in [-0.3, -0.25) is 14.4 Å². The van der Waals surface area contributed by atoms with Crippen LogP contribution in [0.15, 0.2) is 24.3 Å². The van der Waals surface area contributed by atoms with Crippen LogP contribution in [0.2, 0.25) is 0 Å². The predicted octanol–water partition coefficient (Wildman–Crippen LogP) is 1.48. The molecular formula is C16H20O7. The highest BCUT2D eigenvalue weighted by atomic mass is 16.5. The van der Waals surface area contributed by atoms with Crippen molar-refractivity contribution in [3.05, 3.63) is 29.8 Å². The first-order valence-electron chi connectivity index (χ1n) is 6.93. The molecule has 7 nitrogen and oxygen atoms in total. The number of carbonyl (C=O) groups is 3. The molecule has 0 radical (unpaired) electrons. The summed E-state index contributed by atoms with van der Waals surface area (Å²) in [5.41, 5.74) is 0.729. The van der Waals surface area contributed by atoms with Gasteiger partial charge in [-0.05, 0) is 17.7 Å². The van der Waals surface area contributed by atoms with Crippen LogP contribution in [0.5, 0.6) is 5.75 Å². The van der Waals surface area contributed by atoms with Gasteiger partial charge in [0.25, 0.3) is 0 Å². The molecule has 0 N–H and O–H groups in total. The van der Waals surface area contributed by atoms with Gasteiger partial charge >= 0.3 is 17.9 Å². The van der Waals surface area contributed by atoms with Crippen LogP contribution in [0.4, 0.5) is 0 Å². The molecule has 0 aliphatic heterocycles. The lowest BCUT2D eigenvalue weighted by Crippen LogP contribution is -2.24. The lowest BCUT2D eigenvalue weighted by molar-refractivity contribution is -0.158. The number of rotatable bonds is 8. The maximum atomic E-state index is 12.1. The van der Waals surface area contributed by atoms with E-state index in [9.17, 15) is 14.4 Å². The van der Waals surface area contributed by atoms with Gasteiger partial charge in [0.2, 0.25) is 0 Å². The highest BCUT2D eigenvalue weighted by Crippen LogP contribution is 2.17. The van der Waals surface area contributed by atoms with Crippen LogP contribution in [0.3, 0.4) is 0 Å². The lowest BCUT2D eigenvalue weighted by Gasteiger charge is -2.14. The van der Waals surface area contributed by atoms with Gasteiger partial charge in [0, 0.05) is 0 Å². The van der Waals surface area contributed by atoms with Crippen LogP contribution >= 0.6 is 0 Å². The van der Waals surface area contributed by atoms with Crippen molar-refractivity contribution in [3.8, 4) is 5.75 Å². The molecule has 0 aliphatic carbocycles. The standard InChI is InChI=1S/C16H20O7/c1-20-13-6-4-5-11(7-13)10-23-16(19)12(8-14(17)21-2)9-15(18)22-3/h4-7,12H,8-10H2,1-3H3. The first kappa shape index (κ1) is 18.5. The zero-order valence-corrected chi connectivity index (χ0v) is 13.4. The zero-order chi connectivity index (χ0) is 17.2. The van der Waals surface area contributed by atoms with E-state index in [4.69, 9.17) is 9.47 Å². The first-order valence-corrected chi connectivity index (χ1v) is 6.93. The van der Waals surface area contributed by atoms with Crippen molar-refractivity contribution in [1.29, 1.82) is 0 Å². The molecule has 0 atom stereocenters. The second-order valence-corrected chi connectivity index (χ2v) is 4.72. The van der Waals surface area contributed by atoms with E-state index in [2.05, 4.69) is 9.47 Å². The first-order chi connectivity index (χ1) is 11.0. The summed E-state index contributed by atoms with van der Waals surface area (Å²) in [4.78, 5) is 34.8. The number of ether oxygens (including phenoxy) is 4. The van der Waals surface area contributed by atoms with Gasteiger partial charge in [0.05, 0.1) is 40.1 Å². The Labute approximate surface area is 134 Å². The Kier molecular flexibility index (Phi) is 7.59. The minimum Gasteiger partial charge on any atom is -0.497 e. The largest absolute Gasteiger partial charge is 0.497 e. The molecule has 0 saturated carbocycles. The smallest absolute Gasteiger partial charge is 0.310 e. The average Bonchev–Trinajstić information content (AvgIpc) is 2.58. The lowest BCUT2D eigenvalue weighted by atomic mass is 10.0. The van der Waals surface area contributed by atoms with Gasteiger partial charge in [-0.2, -0.15) is 0 Å². The van der Waals surface area contributed by atoms with E-state index in [0.29, 0.717) is 5.75 Å². The number of hydrogen-bond acceptors (Lipinski definition) is 7. The summed E-state index contributed by atoms with van der Waals surface area (Å²) in [5.74, 6) is -2.17. The van der Waals surface area contributed by atoms with Crippen LogP contribution in [-0.2, 0) is 35.2 Å². The van der Waals surface area contributed by atoms with Crippen molar-refractivity contribution in [2.75, 3.05) is 21.3 Å². The van der Waals surface area contributed by atoms with Gasteiger partial charge in [-0.15, -0.1) is 0 Å². The van der Waals surface area contributed by atoms with Crippen LogP contribution in [0.1, 0.15) is 18.4 Å². The van der Waals surface area contributed by atoms with E-state index in [1.165, 1.54) is 21.3 Å². The highest BCUT2D eigenvalue weighted by Gasteiger charge is 2.27. The topological polar surface area (TPSA) is 88.1 Å². The Bertz CT molecular complexity index is 535. The summed E-state index contributed by atoms with van der Waals surface area (Å²) in [6.07, 6.45) is -0.495. The van der Waals surface area contributed by atoms with Crippen molar-refractivity contribution in [1.82, 2.24) is 0 Å². The molecule has 7 heteroatoms. The quantitative estimate of drug-likeness (QED) is 0.528. The summed E-state index contributed by atoms with van der Waals surface area (Å²) >= 11 is 0. The van der Waals surface area contributed by atoms with Crippen molar-refractivity contribution in [2.24, 2.45) is 5.92 Å². The van der Waals surface area contributed by atoms with E-state index in [0.717, 1.165) is 5.56 Å². The second-order valence-electron chi connectivity index (χ2n) is 4.72. The monoisotopic (exact) mass is 324 g/mol. The summed E-state index contributed by atoms with van der Waals surface area (Å²) in [6.45, 7) is 0.00881. The normalized spacial score (nSPS) is 10.1. The molecule has 23 heavy (non-hydrogen) atoms. The van der Waals surface area contributed by atoms with Crippen molar-refractivity contribution >= 4 is 17.9 Å². The van der Waals surface area contributed by atoms with Gasteiger partial charge in [0.15, 0.2) is 0 Å². The molecule has 0 unspecified atom stereocenters. The molecule has 0 heterocycles. The summed E-state index contributed by atoms with van der Waals surface area (Å²) in [6, 6.07) is 7.03. The van der Waals surface area contributed by atoms with Gasteiger partial charge in [0.1, 0.15) is 12.4 Å². The number of benzene rings is 1. The third kappa shape index (κ3) is 6.37. The number of carbonyl (C=O) groups excluding carboxylic acids is 3. The SMILES string of the molecule is COC(=O)CC(CC(=O)OC)C(=O)OCc1cccc(OC)c1. The Morgan fingerprint density at radius 1 is 1.00 bits per heavy atom. The Hall–Kier alpha value is -2.57. The molecule has 1 aromatic carbocycles. The predicted molar refractivity (Wildman–Crippen MR) is 79.5 cm³/mol. The van der Waals surface area contributed by atoms with Crippen molar-refractivity contribution in [2.45, 2.75) is 19.4 Å². The maximum Gasteiger partial charge on any atom is 0.310 e. The third-order valence-electron chi connectivity index (χ3n) is 3.13. The van der Waals surface area contributed by atoms with E-state index in [-0.39, 0.29) is 19.4 Å². The van der Waals surface area contributed by atoms with Crippen LogP contribution < -0.4 is 4.74 Å².